The van der Waals surface area contributed by atoms with Gasteiger partial charge in [0.05, 0.1) is 6.54 Å². The molecule has 1 N–H and O–H groups in total. The van der Waals surface area contributed by atoms with Crippen LogP contribution in [0.15, 0.2) is 47.8 Å². The molecule has 25 heavy (non-hydrogen) atoms. The summed E-state index contributed by atoms with van der Waals surface area (Å²) in [6, 6.07) is 8.56. The largest absolute Gasteiger partial charge is 0.455 e. The maximum Gasteiger partial charge on any atom is 0.291 e. The second kappa shape index (κ2) is 5.81. The van der Waals surface area contributed by atoms with E-state index in [0.717, 1.165) is 30.0 Å². The molecule has 3 fully saturated rings. The zero-order chi connectivity index (χ0) is 16.7. The van der Waals surface area contributed by atoms with Gasteiger partial charge in [0.15, 0.2) is 0 Å². The van der Waals surface area contributed by atoms with E-state index in [0.29, 0.717) is 11.9 Å². The van der Waals surface area contributed by atoms with Crippen molar-refractivity contribution in [3.8, 4) is 11.1 Å². The van der Waals surface area contributed by atoms with Crippen molar-refractivity contribution >= 4 is 11.8 Å². The number of ether oxygens (including phenoxy) is 1. The van der Waals surface area contributed by atoms with E-state index in [1.807, 2.05) is 30.5 Å². The second-order valence-corrected chi connectivity index (χ2v) is 7.14. The highest BCUT2D eigenvalue weighted by atomic mass is 16.5. The van der Waals surface area contributed by atoms with Crippen LogP contribution >= 0.6 is 0 Å². The van der Waals surface area contributed by atoms with E-state index < -0.39 is 0 Å². The molecule has 0 aliphatic carbocycles. The van der Waals surface area contributed by atoms with Gasteiger partial charge < -0.3 is 4.74 Å². The lowest BCUT2D eigenvalue weighted by atomic mass is 9.75. The molecule has 6 rings (SSSR count). The van der Waals surface area contributed by atoms with Crippen LogP contribution in [-0.2, 0) is 4.74 Å². The first-order valence-corrected chi connectivity index (χ1v) is 8.90. The Balaban J connectivity index is 1.32. The van der Waals surface area contributed by atoms with Crippen LogP contribution in [0, 0.1) is 5.92 Å². The van der Waals surface area contributed by atoms with Gasteiger partial charge in [-0.1, -0.05) is 6.07 Å². The SMILES string of the molecule is c1cncc(-c2ccnc(NC3=NC[C@@]4(CN5CCC4CC5)O3)c2)c1. The summed E-state index contributed by atoms with van der Waals surface area (Å²) >= 11 is 0. The van der Waals surface area contributed by atoms with E-state index in [4.69, 9.17) is 4.74 Å². The van der Waals surface area contributed by atoms with Crippen molar-refractivity contribution in [2.75, 3.05) is 31.5 Å². The van der Waals surface area contributed by atoms with Crippen LogP contribution in [0.1, 0.15) is 12.8 Å². The fourth-order valence-electron chi connectivity index (χ4n) is 4.27. The van der Waals surface area contributed by atoms with E-state index >= 15 is 0 Å². The number of hydrogen-bond donors (Lipinski definition) is 1. The molecule has 0 aromatic carbocycles. The first-order valence-electron chi connectivity index (χ1n) is 8.90. The Morgan fingerprint density at radius 1 is 1.16 bits per heavy atom. The number of hydrogen-bond acceptors (Lipinski definition) is 6. The van der Waals surface area contributed by atoms with Crippen molar-refractivity contribution < 1.29 is 4.74 Å². The van der Waals surface area contributed by atoms with Gasteiger partial charge in [-0.05, 0) is 49.7 Å². The lowest BCUT2D eigenvalue weighted by Crippen LogP contribution is -2.61. The smallest absolute Gasteiger partial charge is 0.291 e. The molecule has 2 aromatic rings. The van der Waals surface area contributed by atoms with Crippen molar-refractivity contribution in [3.05, 3.63) is 42.9 Å². The molecule has 0 amide bonds. The van der Waals surface area contributed by atoms with Gasteiger partial charge in [0.1, 0.15) is 11.4 Å². The van der Waals surface area contributed by atoms with Crippen molar-refractivity contribution in [1.29, 1.82) is 0 Å². The highest BCUT2D eigenvalue weighted by Crippen LogP contribution is 2.40. The standard InChI is InChI=1S/C19H21N5O/c1-2-15(11-20-6-1)14-3-7-21-17(10-14)23-18-22-12-19(25-18)13-24-8-4-16(19)5-9-24/h1-3,6-7,10-11,16H,4-5,8-9,12-13H2,(H,21,22,23)/t19-/m0/s1. The van der Waals surface area contributed by atoms with Crippen LogP contribution in [0.4, 0.5) is 5.82 Å². The van der Waals surface area contributed by atoms with Crippen LogP contribution in [0.5, 0.6) is 0 Å². The number of amidine groups is 1. The molecule has 6 nitrogen and oxygen atoms in total. The summed E-state index contributed by atoms with van der Waals surface area (Å²) in [5, 5.41) is 3.26. The van der Waals surface area contributed by atoms with Gasteiger partial charge in [-0.3, -0.25) is 15.2 Å². The molecular weight excluding hydrogens is 314 g/mol. The third-order valence-corrected chi connectivity index (χ3v) is 5.60. The zero-order valence-corrected chi connectivity index (χ0v) is 14.1. The molecule has 2 bridgehead atoms. The monoisotopic (exact) mass is 335 g/mol. The Morgan fingerprint density at radius 3 is 2.84 bits per heavy atom. The minimum Gasteiger partial charge on any atom is -0.455 e. The fourth-order valence-corrected chi connectivity index (χ4v) is 4.27. The number of aliphatic imine (C=N–C) groups is 1. The molecule has 0 radical (unpaired) electrons. The highest BCUT2D eigenvalue weighted by Gasteiger charge is 2.51. The molecule has 0 unspecified atom stereocenters. The number of pyridine rings is 2. The number of aromatic nitrogens is 2. The van der Waals surface area contributed by atoms with Crippen LogP contribution in [0.2, 0.25) is 0 Å². The molecule has 2 aromatic heterocycles. The molecule has 1 spiro atoms. The summed E-state index contributed by atoms with van der Waals surface area (Å²) in [5.74, 6) is 1.37. The Bertz CT molecular complexity index is 800. The number of fused-ring (bicyclic) bond motifs is 2. The molecule has 3 saturated heterocycles. The van der Waals surface area contributed by atoms with E-state index in [-0.39, 0.29) is 5.60 Å². The van der Waals surface area contributed by atoms with Crippen molar-refractivity contribution in [1.82, 2.24) is 14.9 Å². The van der Waals surface area contributed by atoms with Gasteiger partial charge in [0, 0.05) is 36.6 Å². The Kier molecular flexibility index (Phi) is 3.45. The van der Waals surface area contributed by atoms with E-state index in [1.165, 1.54) is 25.9 Å². The number of nitrogens with zero attached hydrogens (tertiary/aromatic N) is 4. The summed E-state index contributed by atoms with van der Waals surface area (Å²) < 4.78 is 6.32. The van der Waals surface area contributed by atoms with Crippen LogP contribution in [-0.4, -0.2) is 52.7 Å². The molecule has 4 aliphatic rings. The van der Waals surface area contributed by atoms with Crippen molar-refractivity contribution in [2.24, 2.45) is 10.9 Å². The Hall–Kier alpha value is -2.47. The highest BCUT2D eigenvalue weighted by molar-refractivity contribution is 5.90. The lowest BCUT2D eigenvalue weighted by Gasteiger charge is -2.50. The topological polar surface area (TPSA) is 62.6 Å². The zero-order valence-electron chi connectivity index (χ0n) is 14.1. The van der Waals surface area contributed by atoms with Gasteiger partial charge in [-0.25, -0.2) is 9.98 Å². The molecule has 128 valence electrons. The van der Waals surface area contributed by atoms with Crippen molar-refractivity contribution in [2.45, 2.75) is 18.4 Å². The number of anilines is 1. The Labute approximate surface area is 147 Å². The third-order valence-electron chi connectivity index (χ3n) is 5.60. The normalized spacial score (nSPS) is 30.2. The average Bonchev–Trinajstić information content (AvgIpc) is 3.05. The molecular formula is C19H21N5O. The Morgan fingerprint density at radius 2 is 2.08 bits per heavy atom. The number of nitrogens with one attached hydrogen (secondary N) is 1. The minimum absolute atomic E-state index is 0.125. The quantitative estimate of drug-likeness (QED) is 0.913. The third kappa shape index (κ3) is 2.66. The number of piperidine rings is 3. The van der Waals surface area contributed by atoms with Crippen LogP contribution in [0.25, 0.3) is 11.1 Å². The molecule has 0 saturated carbocycles. The molecule has 1 atom stereocenters. The van der Waals surface area contributed by atoms with Gasteiger partial charge in [0.2, 0.25) is 0 Å². The summed E-state index contributed by atoms with van der Waals surface area (Å²) in [4.78, 5) is 15.7. The van der Waals surface area contributed by atoms with E-state index in [9.17, 15) is 0 Å². The van der Waals surface area contributed by atoms with Gasteiger partial charge in [0.25, 0.3) is 6.02 Å². The van der Waals surface area contributed by atoms with Gasteiger partial charge >= 0.3 is 0 Å². The second-order valence-electron chi connectivity index (χ2n) is 7.14. The van der Waals surface area contributed by atoms with Gasteiger partial charge in [-0.15, -0.1) is 0 Å². The summed E-state index contributed by atoms with van der Waals surface area (Å²) in [6.07, 6.45) is 7.86. The molecule has 6 heteroatoms. The van der Waals surface area contributed by atoms with Gasteiger partial charge in [-0.2, -0.15) is 0 Å². The summed E-state index contributed by atoms with van der Waals surface area (Å²) in [6.45, 7) is 4.15. The lowest BCUT2D eigenvalue weighted by molar-refractivity contribution is -0.0829. The van der Waals surface area contributed by atoms with E-state index in [2.05, 4.69) is 25.2 Å². The average molecular weight is 335 g/mol. The number of rotatable bonds is 2. The van der Waals surface area contributed by atoms with Crippen molar-refractivity contribution in [3.63, 3.8) is 0 Å². The van der Waals surface area contributed by atoms with E-state index in [1.54, 1.807) is 12.4 Å². The summed E-state index contributed by atoms with van der Waals surface area (Å²) in [7, 11) is 0. The first-order chi connectivity index (χ1) is 12.3. The maximum absolute atomic E-state index is 6.32. The fraction of sp³-hybridized carbons (Fsp3) is 0.421. The van der Waals surface area contributed by atoms with Crippen LogP contribution < -0.4 is 5.32 Å². The van der Waals surface area contributed by atoms with Crippen LogP contribution in [0.3, 0.4) is 0 Å². The minimum atomic E-state index is -0.125. The molecule has 6 heterocycles. The predicted octanol–water partition coefficient (Wildman–Crippen LogP) is 2.41. The summed E-state index contributed by atoms with van der Waals surface area (Å²) in [5.41, 5.74) is 2.01. The predicted molar refractivity (Wildman–Crippen MR) is 96.4 cm³/mol. The first kappa shape index (κ1) is 14.8. The molecule has 4 aliphatic heterocycles. The maximum atomic E-state index is 6.32.